The second-order valence-corrected chi connectivity index (χ2v) is 6.77. The molecule has 28 heavy (non-hydrogen) atoms. The maximum atomic E-state index is 12.5. The van der Waals surface area contributed by atoms with Crippen molar-refractivity contribution in [2.24, 2.45) is 0 Å². The number of halogens is 2. The average molecular weight is 413 g/mol. The number of carbonyl (C=O) groups is 1. The molecule has 0 aliphatic heterocycles. The molecule has 0 bridgehead atoms. The molecule has 4 aromatic rings. The Labute approximate surface area is 170 Å². The van der Waals surface area contributed by atoms with Gasteiger partial charge in [-0.05, 0) is 48.5 Å². The van der Waals surface area contributed by atoms with E-state index >= 15 is 0 Å². The van der Waals surface area contributed by atoms with Crippen molar-refractivity contribution < 1.29 is 13.9 Å². The number of fused-ring (bicyclic) bond motifs is 1. The third-order valence-electron chi connectivity index (χ3n) is 4.16. The number of hydrogen-bond acceptors (Lipinski definition) is 4. The zero-order chi connectivity index (χ0) is 19.7. The summed E-state index contributed by atoms with van der Waals surface area (Å²) in [6, 6.07) is 17.4. The van der Waals surface area contributed by atoms with Gasteiger partial charge < -0.3 is 14.5 Å². The van der Waals surface area contributed by atoms with Crippen LogP contribution in [0, 0.1) is 0 Å². The lowest BCUT2D eigenvalue weighted by atomic mass is 10.2. The fourth-order valence-corrected chi connectivity index (χ4v) is 3.14. The third-order valence-corrected chi connectivity index (χ3v) is 4.98. The Morgan fingerprint density at radius 2 is 1.89 bits per heavy atom. The summed E-state index contributed by atoms with van der Waals surface area (Å²) in [6.45, 7) is 0. The lowest BCUT2D eigenvalue weighted by Gasteiger charge is -2.06. The predicted octanol–water partition coefficient (Wildman–Crippen LogP) is 6.06. The lowest BCUT2D eigenvalue weighted by Crippen LogP contribution is -2.11. The summed E-state index contributed by atoms with van der Waals surface area (Å²) in [5.41, 5.74) is 2.86. The van der Waals surface area contributed by atoms with Gasteiger partial charge in [0.25, 0.3) is 5.91 Å². The maximum absolute atomic E-state index is 12.5. The highest BCUT2D eigenvalue weighted by molar-refractivity contribution is 6.43. The number of nitrogens with zero attached hydrogens (tertiary/aromatic N) is 1. The largest absolute Gasteiger partial charge is 0.497 e. The van der Waals surface area contributed by atoms with Gasteiger partial charge in [0, 0.05) is 11.3 Å². The minimum atomic E-state index is -0.250. The minimum absolute atomic E-state index is 0.250. The normalized spacial score (nSPS) is 10.8. The first kappa shape index (κ1) is 18.3. The molecule has 7 heteroatoms. The van der Waals surface area contributed by atoms with Crippen LogP contribution in [0.25, 0.3) is 22.6 Å². The smallest absolute Gasteiger partial charge is 0.255 e. The van der Waals surface area contributed by atoms with Gasteiger partial charge in [0.1, 0.15) is 11.3 Å². The summed E-state index contributed by atoms with van der Waals surface area (Å²) >= 11 is 12.3. The van der Waals surface area contributed by atoms with E-state index in [-0.39, 0.29) is 5.91 Å². The molecule has 0 spiro atoms. The van der Waals surface area contributed by atoms with Crippen molar-refractivity contribution in [3.63, 3.8) is 0 Å². The molecule has 0 saturated carbocycles. The summed E-state index contributed by atoms with van der Waals surface area (Å²) in [5, 5.41) is 3.65. The van der Waals surface area contributed by atoms with Gasteiger partial charge in [-0.25, -0.2) is 4.98 Å². The predicted molar refractivity (Wildman–Crippen MR) is 110 cm³/mol. The van der Waals surface area contributed by atoms with Crippen molar-refractivity contribution in [1.82, 2.24) is 4.98 Å². The van der Waals surface area contributed by atoms with Crippen LogP contribution in [0.3, 0.4) is 0 Å². The molecule has 5 nitrogen and oxygen atoms in total. The second kappa shape index (κ2) is 7.54. The highest BCUT2D eigenvalue weighted by Crippen LogP contribution is 2.34. The zero-order valence-corrected chi connectivity index (χ0v) is 16.2. The Kier molecular flexibility index (Phi) is 4.94. The molecule has 1 heterocycles. The molecule has 0 aliphatic carbocycles. The van der Waals surface area contributed by atoms with E-state index in [9.17, 15) is 4.79 Å². The summed E-state index contributed by atoms with van der Waals surface area (Å²) in [4.78, 5) is 17.0. The van der Waals surface area contributed by atoms with Crippen molar-refractivity contribution in [2.45, 2.75) is 0 Å². The summed E-state index contributed by atoms with van der Waals surface area (Å²) in [6.07, 6.45) is 0. The van der Waals surface area contributed by atoms with E-state index in [1.165, 1.54) is 0 Å². The first-order valence-corrected chi connectivity index (χ1v) is 9.11. The Morgan fingerprint density at radius 3 is 2.71 bits per heavy atom. The van der Waals surface area contributed by atoms with Gasteiger partial charge >= 0.3 is 0 Å². The number of aromatic nitrogens is 1. The van der Waals surface area contributed by atoms with Gasteiger partial charge in [-0.15, -0.1) is 0 Å². The Balaban J connectivity index is 1.63. The number of benzene rings is 3. The number of hydrogen-bond donors (Lipinski definition) is 1. The number of carbonyl (C=O) groups excluding carboxylic acids is 1. The fraction of sp³-hybridized carbons (Fsp3) is 0.0476. The molecule has 0 saturated heterocycles. The minimum Gasteiger partial charge on any atom is -0.497 e. The van der Waals surface area contributed by atoms with Crippen molar-refractivity contribution in [2.75, 3.05) is 12.4 Å². The molecule has 0 radical (unpaired) electrons. The summed E-state index contributed by atoms with van der Waals surface area (Å²) in [5.74, 6) is 0.723. The molecule has 3 aromatic carbocycles. The monoisotopic (exact) mass is 412 g/mol. The third kappa shape index (κ3) is 3.54. The van der Waals surface area contributed by atoms with Crippen LogP contribution in [0.2, 0.25) is 10.0 Å². The van der Waals surface area contributed by atoms with Crippen molar-refractivity contribution in [3.8, 4) is 17.2 Å². The van der Waals surface area contributed by atoms with Gasteiger partial charge in [0.2, 0.25) is 5.89 Å². The number of methoxy groups -OCH3 is 1. The van der Waals surface area contributed by atoms with Crippen LogP contribution in [-0.4, -0.2) is 18.0 Å². The van der Waals surface area contributed by atoms with Crippen LogP contribution in [0.4, 0.5) is 5.69 Å². The quantitative estimate of drug-likeness (QED) is 0.442. The number of oxazole rings is 1. The van der Waals surface area contributed by atoms with Crippen LogP contribution in [0.1, 0.15) is 10.4 Å². The van der Waals surface area contributed by atoms with Gasteiger partial charge in [-0.3, -0.25) is 4.79 Å². The first-order valence-electron chi connectivity index (χ1n) is 8.35. The molecule has 1 aromatic heterocycles. The molecule has 0 atom stereocenters. The molecule has 140 valence electrons. The van der Waals surface area contributed by atoms with Gasteiger partial charge in [0.15, 0.2) is 5.58 Å². The zero-order valence-electron chi connectivity index (χ0n) is 14.7. The Hall–Kier alpha value is -3.02. The van der Waals surface area contributed by atoms with E-state index in [0.717, 1.165) is 0 Å². The molecule has 4 rings (SSSR count). The molecule has 0 fully saturated rings. The van der Waals surface area contributed by atoms with E-state index in [1.807, 2.05) is 0 Å². The lowest BCUT2D eigenvalue weighted by molar-refractivity contribution is 0.102. The van der Waals surface area contributed by atoms with Crippen LogP contribution >= 0.6 is 23.2 Å². The summed E-state index contributed by atoms with van der Waals surface area (Å²) in [7, 11) is 1.55. The Morgan fingerprint density at radius 1 is 1.07 bits per heavy atom. The van der Waals surface area contributed by atoms with Crippen LogP contribution < -0.4 is 10.1 Å². The number of ether oxygens (including phenoxy) is 1. The highest BCUT2D eigenvalue weighted by atomic mass is 35.5. The molecule has 0 aliphatic rings. The number of rotatable bonds is 4. The number of nitrogens with one attached hydrogen (secondary N) is 1. The van der Waals surface area contributed by atoms with Crippen LogP contribution in [0.5, 0.6) is 5.75 Å². The van der Waals surface area contributed by atoms with Gasteiger partial charge in [0.05, 0.1) is 22.7 Å². The SMILES string of the molecule is COc1cccc(C(=O)Nc2ccc3oc(-c4cccc(Cl)c4Cl)nc3c2)c1. The van der Waals surface area contributed by atoms with E-state index in [2.05, 4.69) is 10.3 Å². The van der Waals surface area contributed by atoms with Crippen molar-refractivity contribution in [3.05, 3.63) is 76.3 Å². The topological polar surface area (TPSA) is 64.4 Å². The standard InChI is InChI=1S/C21H14Cl2N2O3/c1-27-14-5-2-4-12(10-14)20(26)24-13-8-9-18-17(11-13)25-21(28-18)15-6-3-7-16(22)19(15)23/h2-11H,1H3,(H,24,26). The molecule has 1 N–H and O–H groups in total. The molecular weight excluding hydrogens is 399 g/mol. The average Bonchev–Trinajstić information content (AvgIpc) is 3.13. The Bertz CT molecular complexity index is 1190. The van der Waals surface area contributed by atoms with E-state index < -0.39 is 0 Å². The number of anilines is 1. The molecule has 0 unspecified atom stereocenters. The molecular formula is C21H14Cl2N2O3. The van der Waals surface area contributed by atoms with Crippen LogP contribution in [-0.2, 0) is 0 Å². The van der Waals surface area contributed by atoms with Gasteiger partial charge in [-0.1, -0.05) is 35.3 Å². The fourth-order valence-electron chi connectivity index (χ4n) is 2.76. The molecule has 1 amide bonds. The first-order chi connectivity index (χ1) is 13.5. The number of amides is 1. The van der Waals surface area contributed by atoms with E-state index in [4.69, 9.17) is 32.4 Å². The summed E-state index contributed by atoms with van der Waals surface area (Å²) < 4.78 is 10.9. The maximum Gasteiger partial charge on any atom is 0.255 e. The van der Waals surface area contributed by atoms with Crippen molar-refractivity contribution >= 4 is 45.9 Å². The van der Waals surface area contributed by atoms with Crippen LogP contribution in [0.15, 0.2) is 65.1 Å². The second-order valence-electron chi connectivity index (χ2n) is 5.99. The van der Waals surface area contributed by atoms with E-state index in [0.29, 0.717) is 49.6 Å². The highest BCUT2D eigenvalue weighted by Gasteiger charge is 2.14. The van der Waals surface area contributed by atoms with Gasteiger partial charge in [-0.2, -0.15) is 0 Å². The van der Waals surface area contributed by atoms with E-state index in [1.54, 1.807) is 67.8 Å². The van der Waals surface area contributed by atoms with Crippen molar-refractivity contribution in [1.29, 1.82) is 0 Å².